The summed E-state index contributed by atoms with van der Waals surface area (Å²) in [5, 5.41) is 2.78. The van der Waals surface area contributed by atoms with E-state index in [4.69, 9.17) is 9.15 Å². The zero-order chi connectivity index (χ0) is 13.5. The van der Waals surface area contributed by atoms with Crippen molar-refractivity contribution in [2.24, 2.45) is 0 Å². The van der Waals surface area contributed by atoms with Crippen molar-refractivity contribution < 1.29 is 13.9 Å². The highest BCUT2D eigenvalue weighted by Gasteiger charge is 2.07. The molecule has 0 atom stereocenters. The van der Waals surface area contributed by atoms with E-state index in [1.807, 2.05) is 6.07 Å². The maximum Gasteiger partial charge on any atom is 0.251 e. The van der Waals surface area contributed by atoms with Gasteiger partial charge in [-0.05, 0) is 30.3 Å². The fourth-order valence-electron chi connectivity index (χ4n) is 1.56. The Kier molecular flexibility index (Phi) is 4.39. The molecule has 0 aliphatic heterocycles. The Bertz CT molecular complexity index is 546. The van der Waals surface area contributed by atoms with Gasteiger partial charge < -0.3 is 14.5 Å². The highest BCUT2D eigenvalue weighted by atomic mass is 16.5. The topological polar surface area (TPSA) is 51.5 Å². The van der Waals surface area contributed by atoms with Crippen LogP contribution >= 0.6 is 0 Å². The van der Waals surface area contributed by atoms with Crippen LogP contribution < -0.4 is 10.1 Å². The summed E-state index contributed by atoms with van der Waals surface area (Å²) in [4.78, 5) is 11.9. The molecule has 0 fully saturated rings. The van der Waals surface area contributed by atoms with E-state index in [-0.39, 0.29) is 5.91 Å². The molecule has 0 saturated heterocycles. The Morgan fingerprint density at radius 3 is 3.00 bits per heavy atom. The van der Waals surface area contributed by atoms with Gasteiger partial charge in [-0.1, -0.05) is 18.7 Å². The van der Waals surface area contributed by atoms with Crippen LogP contribution in [0.2, 0.25) is 0 Å². The maximum atomic E-state index is 11.9. The SMILES string of the molecule is C=CCOc1cccc(C(=O)NCc2ccco2)c1. The summed E-state index contributed by atoms with van der Waals surface area (Å²) in [6, 6.07) is 10.6. The minimum absolute atomic E-state index is 0.166. The number of rotatable bonds is 6. The normalized spacial score (nSPS) is 9.89. The summed E-state index contributed by atoms with van der Waals surface area (Å²) in [6.07, 6.45) is 3.23. The third-order valence-electron chi connectivity index (χ3n) is 2.47. The minimum Gasteiger partial charge on any atom is -0.490 e. The molecule has 0 unspecified atom stereocenters. The Labute approximate surface area is 111 Å². The Morgan fingerprint density at radius 2 is 2.26 bits per heavy atom. The quantitative estimate of drug-likeness (QED) is 0.809. The van der Waals surface area contributed by atoms with E-state index in [1.54, 1.807) is 42.7 Å². The predicted molar refractivity (Wildman–Crippen MR) is 72.0 cm³/mol. The largest absolute Gasteiger partial charge is 0.490 e. The third kappa shape index (κ3) is 3.74. The van der Waals surface area contributed by atoms with Crippen LogP contribution in [0.5, 0.6) is 5.75 Å². The van der Waals surface area contributed by atoms with E-state index in [2.05, 4.69) is 11.9 Å². The minimum atomic E-state index is -0.166. The van der Waals surface area contributed by atoms with Crippen molar-refractivity contribution in [3.63, 3.8) is 0 Å². The van der Waals surface area contributed by atoms with Gasteiger partial charge in [-0.3, -0.25) is 4.79 Å². The second kappa shape index (κ2) is 6.44. The molecule has 1 amide bonds. The summed E-state index contributed by atoms with van der Waals surface area (Å²) in [7, 11) is 0. The van der Waals surface area contributed by atoms with Crippen LogP contribution in [0, 0.1) is 0 Å². The summed E-state index contributed by atoms with van der Waals surface area (Å²) in [5.74, 6) is 1.19. The van der Waals surface area contributed by atoms with Crippen LogP contribution in [0.3, 0.4) is 0 Å². The number of carbonyl (C=O) groups excluding carboxylic acids is 1. The van der Waals surface area contributed by atoms with Crippen molar-refractivity contribution >= 4 is 5.91 Å². The molecule has 0 radical (unpaired) electrons. The number of hydrogen-bond donors (Lipinski definition) is 1. The fraction of sp³-hybridized carbons (Fsp3) is 0.133. The van der Waals surface area contributed by atoms with Gasteiger partial charge in [0.1, 0.15) is 18.1 Å². The Balaban J connectivity index is 1.96. The molecule has 0 saturated carbocycles. The molecule has 0 aliphatic carbocycles. The molecule has 0 spiro atoms. The van der Waals surface area contributed by atoms with E-state index in [0.29, 0.717) is 30.2 Å². The van der Waals surface area contributed by atoms with Crippen molar-refractivity contribution in [2.45, 2.75) is 6.54 Å². The lowest BCUT2D eigenvalue weighted by molar-refractivity contribution is 0.0947. The van der Waals surface area contributed by atoms with E-state index in [1.165, 1.54) is 0 Å². The Morgan fingerprint density at radius 1 is 1.37 bits per heavy atom. The van der Waals surface area contributed by atoms with Gasteiger partial charge in [-0.15, -0.1) is 0 Å². The molecule has 1 N–H and O–H groups in total. The lowest BCUT2D eigenvalue weighted by atomic mass is 10.2. The first-order valence-electron chi connectivity index (χ1n) is 5.94. The van der Waals surface area contributed by atoms with Gasteiger partial charge in [0.25, 0.3) is 5.91 Å². The number of carbonyl (C=O) groups is 1. The average Bonchev–Trinajstić information content (AvgIpc) is 2.96. The molecule has 4 nitrogen and oxygen atoms in total. The van der Waals surface area contributed by atoms with Crippen molar-refractivity contribution in [1.82, 2.24) is 5.32 Å². The molecule has 0 aliphatic rings. The number of amides is 1. The maximum absolute atomic E-state index is 11.9. The molecule has 98 valence electrons. The van der Waals surface area contributed by atoms with Crippen molar-refractivity contribution in [3.05, 3.63) is 66.6 Å². The zero-order valence-corrected chi connectivity index (χ0v) is 10.5. The Hall–Kier alpha value is -2.49. The number of hydrogen-bond acceptors (Lipinski definition) is 3. The van der Waals surface area contributed by atoms with E-state index in [0.717, 1.165) is 0 Å². The first-order chi connectivity index (χ1) is 9.29. The number of furan rings is 1. The number of ether oxygens (including phenoxy) is 1. The standard InChI is InChI=1S/C15H15NO3/c1-2-8-18-13-6-3-5-12(10-13)15(17)16-11-14-7-4-9-19-14/h2-7,9-10H,1,8,11H2,(H,16,17). The lowest BCUT2D eigenvalue weighted by Crippen LogP contribution is -2.22. The highest BCUT2D eigenvalue weighted by Crippen LogP contribution is 2.13. The van der Waals surface area contributed by atoms with Gasteiger partial charge in [0, 0.05) is 5.56 Å². The van der Waals surface area contributed by atoms with Crippen LogP contribution in [0.25, 0.3) is 0 Å². The molecule has 1 aromatic heterocycles. The first kappa shape index (κ1) is 13.0. The molecule has 19 heavy (non-hydrogen) atoms. The van der Waals surface area contributed by atoms with Crippen LogP contribution in [0.4, 0.5) is 0 Å². The molecular formula is C15H15NO3. The van der Waals surface area contributed by atoms with Crippen LogP contribution in [0.1, 0.15) is 16.1 Å². The number of benzene rings is 1. The van der Waals surface area contributed by atoms with E-state index >= 15 is 0 Å². The fourth-order valence-corrected chi connectivity index (χ4v) is 1.56. The third-order valence-corrected chi connectivity index (χ3v) is 2.47. The van der Waals surface area contributed by atoms with Gasteiger partial charge >= 0.3 is 0 Å². The van der Waals surface area contributed by atoms with Gasteiger partial charge in [-0.2, -0.15) is 0 Å². The smallest absolute Gasteiger partial charge is 0.251 e. The molecule has 1 heterocycles. The predicted octanol–water partition coefficient (Wildman–Crippen LogP) is 2.77. The van der Waals surface area contributed by atoms with Gasteiger partial charge in [-0.25, -0.2) is 0 Å². The zero-order valence-electron chi connectivity index (χ0n) is 10.5. The van der Waals surface area contributed by atoms with Gasteiger partial charge in [0.2, 0.25) is 0 Å². The summed E-state index contributed by atoms with van der Waals surface area (Å²) < 4.78 is 10.5. The molecule has 2 rings (SSSR count). The van der Waals surface area contributed by atoms with Gasteiger partial charge in [0.05, 0.1) is 12.8 Å². The second-order valence-electron chi connectivity index (χ2n) is 3.89. The molecule has 4 heteroatoms. The second-order valence-corrected chi connectivity index (χ2v) is 3.89. The molecule has 2 aromatic rings. The van der Waals surface area contributed by atoms with Crippen LogP contribution in [0.15, 0.2) is 59.7 Å². The van der Waals surface area contributed by atoms with Crippen molar-refractivity contribution in [2.75, 3.05) is 6.61 Å². The van der Waals surface area contributed by atoms with Crippen molar-refractivity contribution in [1.29, 1.82) is 0 Å². The summed E-state index contributed by atoms with van der Waals surface area (Å²) >= 11 is 0. The highest BCUT2D eigenvalue weighted by molar-refractivity contribution is 5.94. The average molecular weight is 257 g/mol. The monoisotopic (exact) mass is 257 g/mol. The van der Waals surface area contributed by atoms with E-state index in [9.17, 15) is 4.79 Å². The van der Waals surface area contributed by atoms with Crippen LogP contribution in [-0.4, -0.2) is 12.5 Å². The molecular weight excluding hydrogens is 242 g/mol. The summed E-state index contributed by atoms with van der Waals surface area (Å²) in [5.41, 5.74) is 0.549. The number of nitrogens with one attached hydrogen (secondary N) is 1. The summed E-state index contributed by atoms with van der Waals surface area (Å²) in [6.45, 7) is 4.36. The molecule has 0 bridgehead atoms. The van der Waals surface area contributed by atoms with Crippen LogP contribution in [-0.2, 0) is 6.54 Å². The first-order valence-corrected chi connectivity index (χ1v) is 5.94. The lowest BCUT2D eigenvalue weighted by Gasteiger charge is -2.06. The van der Waals surface area contributed by atoms with Gasteiger partial charge in [0.15, 0.2) is 0 Å². The van der Waals surface area contributed by atoms with Crippen molar-refractivity contribution in [3.8, 4) is 5.75 Å². The van der Waals surface area contributed by atoms with E-state index < -0.39 is 0 Å². The molecule has 1 aromatic carbocycles.